The van der Waals surface area contributed by atoms with Gasteiger partial charge in [-0.2, -0.15) is 0 Å². The summed E-state index contributed by atoms with van der Waals surface area (Å²) in [5, 5.41) is 6.31. The van der Waals surface area contributed by atoms with Crippen molar-refractivity contribution in [3.63, 3.8) is 0 Å². The Morgan fingerprint density at radius 1 is 0.850 bits per heavy atom. The number of hydrogen-bond donors (Lipinski definition) is 1. The summed E-state index contributed by atoms with van der Waals surface area (Å²) < 4.78 is 0. The van der Waals surface area contributed by atoms with Gasteiger partial charge in [0, 0.05) is 22.3 Å². The summed E-state index contributed by atoms with van der Waals surface area (Å²) in [6, 6.07) is 17.8. The molecule has 0 bridgehead atoms. The SMILES string of the molecule is Clc1ccc(Nc2nccc3ccccc23)cc1.O.O. The van der Waals surface area contributed by atoms with Gasteiger partial charge < -0.3 is 16.3 Å². The van der Waals surface area contributed by atoms with Gasteiger partial charge in [0.1, 0.15) is 5.82 Å². The number of rotatable bonds is 2. The minimum absolute atomic E-state index is 0. The molecule has 4 nitrogen and oxygen atoms in total. The third kappa shape index (κ3) is 3.24. The van der Waals surface area contributed by atoms with Gasteiger partial charge >= 0.3 is 0 Å². The quantitative estimate of drug-likeness (QED) is 0.786. The van der Waals surface area contributed by atoms with E-state index in [-0.39, 0.29) is 11.0 Å². The van der Waals surface area contributed by atoms with E-state index in [9.17, 15) is 0 Å². The third-order valence-corrected chi connectivity index (χ3v) is 3.03. The van der Waals surface area contributed by atoms with Crippen molar-refractivity contribution in [1.82, 2.24) is 4.98 Å². The maximum absolute atomic E-state index is 5.87. The Balaban J connectivity index is 0.000001000. The van der Waals surface area contributed by atoms with E-state index in [1.807, 2.05) is 42.5 Å². The van der Waals surface area contributed by atoms with Crippen LogP contribution in [0, 0.1) is 0 Å². The van der Waals surface area contributed by atoms with Gasteiger partial charge in [0.15, 0.2) is 0 Å². The summed E-state index contributed by atoms with van der Waals surface area (Å²) in [6.45, 7) is 0. The van der Waals surface area contributed by atoms with Gasteiger partial charge in [-0.3, -0.25) is 0 Å². The molecule has 0 saturated carbocycles. The number of anilines is 2. The molecule has 2 aromatic carbocycles. The highest BCUT2D eigenvalue weighted by atomic mass is 35.5. The molecule has 0 amide bonds. The third-order valence-electron chi connectivity index (χ3n) is 2.78. The predicted molar refractivity (Wildman–Crippen MR) is 83.7 cm³/mol. The molecule has 0 spiro atoms. The number of pyridine rings is 1. The molecule has 5 N–H and O–H groups in total. The van der Waals surface area contributed by atoms with Gasteiger partial charge in [0.05, 0.1) is 0 Å². The van der Waals surface area contributed by atoms with Crippen molar-refractivity contribution in [2.75, 3.05) is 5.32 Å². The molecule has 0 aliphatic rings. The second kappa shape index (κ2) is 6.86. The summed E-state index contributed by atoms with van der Waals surface area (Å²) >= 11 is 5.87. The maximum atomic E-state index is 5.87. The minimum Gasteiger partial charge on any atom is -0.412 e. The van der Waals surface area contributed by atoms with E-state index in [4.69, 9.17) is 11.6 Å². The van der Waals surface area contributed by atoms with Gasteiger partial charge in [-0.1, -0.05) is 35.9 Å². The molecule has 3 aromatic rings. The largest absolute Gasteiger partial charge is 0.412 e. The van der Waals surface area contributed by atoms with Crippen LogP contribution in [0.3, 0.4) is 0 Å². The number of aromatic nitrogens is 1. The zero-order valence-corrected chi connectivity index (χ0v) is 11.4. The first kappa shape index (κ1) is 15.9. The van der Waals surface area contributed by atoms with Crippen molar-refractivity contribution in [1.29, 1.82) is 0 Å². The standard InChI is InChI=1S/C15H11ClN2.2H2O/c16-12-5-7-13(8-6-12)18-15-14-4-2-1-3-11(14)9-10-17-15;;/h1-10H,(H,17,18);2*1H2. The van der Waals surface area contributed by atoms with Crippen LogP contribution in [-0.4, -0.2) is 15.9 Å². The first-order chi connectivity index (χ1) is 8.83. The number of hydrogen-bond acceptors (Lipinski definition) is 2. The summed E-state index contributed by atoms with van der Waals surface area (Å²) in [4.78, 5) is 4.38. The van der Waals surface area contributed by atoms with Crippen LogP contribution in [0.2, 0.25) is 5.02 Å². The smallest absolute Gasteiger partial charge is 0.138 e. The lowest BCUT2D eigenvalue weighted by atomic mass is 10.1. The molecule has 104 valence electrons. The lowest BCUT2D eigenvalue weighted by Crippen LogP contribution is -1.93. The Bertz CT molecular complexity index is 682. The van der Waals surface area contributed by atoms with Gasteiger partial charge in [0.25, 0.3) is 0 Å². The normalized spacial score (nSPS) is 9.45. The fourth-order valence-corrected chi connectivity index (χ4v) is 2.02. The lowest BCUT2D eigenvalue weighted by Gasteiger charge is -2.08. The second-order valence-electron chi connectivity index (χ2n) is 4.01. The fourth-order valence-electron chi connectivity index (χ4n) is 1.89. The average Bonchev–Trinajstić information content (AvgIpc) is 2.42. The zero-order valence-electron chi connectivity index (χ0n) is 10.6. The first-order valence-corrected chi connectivity index (χ1v) is 6.07. The number of benzene rings is 2. The van der Waals surface area contributed by atoms with Gasteiger partial charge in [-0.15, -0.1) is 0 Å². The molecule has 3 rings (SSSR count). The van der Waals surface area contributed by atoms with Crippen LogP contribution in [0.25, 0.3) is 10.8 Å². The van der Waals surface area contributed by atoms with E-state index in [0.717, 1.165) is 21.9 Å². The van der Waals surface area contributed by atoms with E-state index in [1.54, 1.807) is 6.20 Å². The molecular formula is C15H15ClN2O2. The van der Waals surface area contributed by atoms with Gasteiger partial charge in [-0.25, -0.2) is 4.98 Å². The first-order valence-electron chi connectivity index (χ1n) is 5.69. The molecule has 0 radical (unpaired) electrons. The Morgan fingerprint density at radius 2 is 1.55 bits per heavy atom. The van der Waals surface area contributed by atoms with E-state index < -0.39 is 0 Å². The van der Waals surface area contributed by atoms with Crippen LogP contribution >= 0.6 is 11.6 Å². The Morgan fingerprint density at radius 3 is 2.30 bits per heavy atom. The summed E-state index contributed by atoms with van der Waals surface area (Å²) in [6.07, 6.45) is 1.81. The van der Waals surface area contributed by atoms with Crippen LogP contribution < -0.4 is 5.32 Å². The molecule has 1 aromatic heterocycles. The average molecular weight is 291 g/mol. The number of fused-ring (bicyclic) bond motifs is 1. The monoisotopic (exact) mass is 290 g/mol. The van der Waals surface area contributed by atoms with Crippen molar-refractivity contribution in [2.45, 2.75) is 0 Å². The Hall–Kier alpha value is -2.14. The molecule has 0 aliphatic carbocycles. The molecule has 20 heavy (non-hydrogen) atoms. The van der Waals surface area contributed by atoms with Crippen LogP contribution in [0.5, 0.6) is 0 Å². The van der Waals surface area contributed by atoms with Crippen molar-refractivity contribution in [3.8, 4) is 0 Å². The van der Waals surface area contributed by atoms with Crippen LogP contribution in [0.4, 0.5) is 11.5 Å². The van der Waals surface area contributed by atoms with E-state index in [0.29, 0.717) is 0 Å². The number of nitrogens with zero attached hydrogens (tertiary/aromatic N) is 1. The zero-order chi connectivity index (χ0) is 12.4. The second-order valence-corrected chi connectivity index (χ2v) is 4.45. The number of halogens is 1. The highest BCUT2D eigenvalue weighted by Crippen LogP contribution is 2.24. The topological polar surface area (TPSA) is 87.9 Å². The van der Waals surface area contributed by atoms with E-state index in [1.165, 1.54) is 5.39 Å². The molecule has 1 heterocycles. The molecule has 0 aliphatic heterocycles. The van der Waals surface area contributed by atoms with Crippen molar-refractivity contribution in [2.24, 2.45) is 0 Å². The Kier molecular flexibility index (Phi) is 5.46. The van der Waals surface area contributed by atoms with Crippen LogP contribution in [0.1, 0.15) is 0 Å². The van der Waals surface area contributed by atoms with Crippen LogP contribution in [0.15, 0.2) is 60.8 Å². The van der Waals surface area contributed by atoms with Gasteiger partial charge in [-0.05, 0) is 35.7 Å². The lowest BCUT2D eigenvalue weighted by molar-refractivity contribution is 0.823. The van der Waals surface area contributed by atoms with E-state index in [2.05, 4.69) is 22.4 Å². The van der Waals surface area contributed by atoms with Crippen LogP contribution in [-0.2, 0) is 0 Å². The summed E-state index contributed by atoms with van der Waals surface area (Å²) in [5.74, 6) is 0.857. The molecule has 0 atom stereocenters. The molecule has 0 fully saturated rings. The van der Waals surface area contributed by atoms with Crippen molar-refractivity contribution < 1.29 is 11.0 Å². The summed E-state index contributed by atoms with van der Waals surface area (Å²) in [7, 11) is 0. The van der Waals surface area contributed by atoms with Gasteiger partial charge in [0.2, 0.25) is 0 Å². The molecule has 0 unspecified atom stereocenters. The van der Waals surface area contributed by atoms with Crippen molar-refractivity contribution in [3.05, 3.63) is 65.8 Å². The summed E-state index contributed by atoms with van der Waals surface area (Å²) in [5.41, 5.74) is 0.975. The minimum atomic E-state index is 0. The molecular weight excluding hydrogens is 276 g/mol. The predicted octanol–water partition coefficient (Wildman–Crippen LogP) is 2.98. The Labute approximate surface area is 121 Å². The highest BCUT2D eigenvalue weighted by Gasteiger charge is 2.01. The number of nitrogens with one attached hydrogen (secondary N) is 1. The maximum Gasteiger partial charge on any atom is 0.138 e. The van der Waals surface area contributed by atoms with E-state index >= 15 is 0 Å². The fraction of sp³-hybridized carbons (Fsp3) is 0. The highest BCUT2D eigenvalue weighted by molar-refractivity contribution is 6.30. The molecule has 5 heteroatoms. The molecule has 0 saturated heterocycles. The van der Waals surface area contributed by atoms with Crippen molar-refractivity contribution >= 4 is 33.9 Å².